The van der Waals surface area contributed by atoms with E-state index in [1.54, 1.807) is 13.2 Å². The first-order valence-corrected chi connectivity index (χ1v) is 2.77. The Morgan fingerprint density at radius 1 is 1.80 bits per heavy atom. The molecule has 0 fully saturated rings. The fraction of sp³-hybridized carbons (Fsp3) is 0.250. The molecule has 0 aliphatic heterocycles. The van der Waals surface area contributed by atoms with Crippen LogP contribution in [-0.4, -0.2) is 9.78 Å². The molecule has 1 aromatic rings. The van der Waals surface area contributed by atoms with Gasteiger partial charge >= 0.3 is 0 Å². The fourth-order valence-electron chi connectivity index (χ4n) is 0.519. The number of nitrogens with zero attached hydrogens (tertiary/aromatic N) is 2. The molecule has 0 spiro atoms. The van der Waals surface area contributed by atoms with Gasteiger partial charge in [0.15, 0.2) is 5.15 Å². The van der Waals surface area contributed by atoms with Crippen molar-refractivity contribution in [1.82, 2.24) is 9.78 Å². The molecule has 0 aromatic carbocycles. The molecule has 0 radical (unpaired) electrons. The van der Waals surface area contributed by atoms with Crippen LogP contribution in [0.5, 0.6) is 0 Å². The molecule has 3 N–H and O–H groups in total. The van der Waals surface area contributed by atoms with Gasteiger partial charge in [0.25, 0.3) is 0 Å². The van der Waals surface area contributed by atoms with E-state index >= 15 is 0 Å². The van der Waals surface area contributed by atoms with Gasteiger partial charge in [0.05, 0.1) is 6.20 Å². The summed E-state index contributed by atoms with van der Waals surface area (Å²) in [5.41, 5.74) is 3.04. The number of halogens is 2. The highest BCUT2D eigenvalue weighted by Crippen LogP contribution is 2.17. The lowest BCUT2D eigenvalue weighted by atomic mass is 10.6. The summed E-state index contributed by atoms with van der Waals surface area (Å²) in [7, 11) is 1.74. The predicted molar refractivity (Wildman–Crippen MR) is 43.3 cm³/mol. The number of aromatic nitrogens is 2. The Hall–Kier alpha value is -0.450. The summed E-state index contributed by atoms with van der Waals surface area (Å²) < 4.78 is 1.52. The highest BCUT2D eigenvalue weighted by Gasteiger charge is 2.01. The van der Waals surface area contributed by atoms with Crippen molar-refractivity contribution in [3.05, 3.63) is 11.3 Å². The van der Waals surface area contributed by atoms with E-state index in [0.717, 1.165) is 0 Å². The number of aryl methyl sites for hydroxylation is 1. The van der Waals surface area contributed by atoms with Gasteiger partial charge in [-0.1, -0.05) is 11.6 Å². The molecular formula is C4H8Cl2N4. The van der Waals surface area contributed by atoms with Crippen LogP contribution < -0.4 is 11.3 Å². The third kappa shape index (κ3) is 1.53. The van der Waals surface area contributed by atoms with Gasteiger partial charge in [-0.15, -0.1) is 12.4 Å². The lowest BCUT2D eigenvalue weighted by Gasteiger charge is -1.93. The van der Waals surface area contributed by atoms with Gasteiger partial charge in [-0.25, -0.2) is 0 Å². The van der Waals surface area contributed by atoms with Gasteiger partial charge in [-0.05, 0) is 0 Å². The van der Waals surface area contributed by atoms with Crippen LogP contribution in [0.1, 0.15) is 0 Å². The summed E-state index contributed by atoms with van der Waals surface area (Å²) >= 11 is 5.67. The summed E-state index contributed by atoms with van der Waals surface area (Å²) in [6.45, 7) is 0. The summed E-state index contributed by atoms with van der Waals surface area (Å²) in [5, 5.41) is 4.34. The number of rotatable bonds is 1. The number of nitrogen functional groups attached to an aromatic ring is 1. The monoisotopic (exact) mass is 182 g/mol. The summed E-state index contributed by atoms with van der Waals surface area (Å²) in [6.07, 6.45) is 1.56. The van der Waals surface area contributed by atoms with Crippen LogP contribution in [0.3, 0.4) is 0 Å². The van der Waals surface area contributed by atoms with Crippen LogP contribution in [0.15, 0.2) is 6.20 Å². The van der Waals surface area contributed by atoms with Crippen molar-refractivity contribution >= 4 is 29.7 Å². The molecule has 0 atom stereocenters. The minimum Gasteiger partial charge on any atom is -0.320 e. The van der Waals surface area contributed by atoms with Crippen LogP contribution in [0.2, 0.25) is 5.15 Å². The van der Waals surface area contributed by atoms with E-state index in [1.165, 1.54) is 4.68 Å². The van der Waals surface area contributed by atoms with Crippen LogP contribution in [-0.2, 0) is 7.05 Å². The summed E-state index contributed by atoms with van der Waals surface area (Å²) in [5.74, 6) is 5.08. The average Bonchev–Trinajstić information content (AvgIpc) is 2.15. The Kier molecular flexibility index (Phi) is 3.49. The molecule has 0 unspecified atom stereocenters. The minimum absolute atomic E-state index is 0. The van der Waals surface area contributed by atoms with Crippen molar-refractivity contribution in [3.8, 4) is 0 Å². The van der Waals surface area contributed by atoms with E-state index in [0.29, 0.717) is 10.8 Å². The van der Waals surface area contributed by atoms with E-state index in [4.69, 9.17) is 17.4 Å². The maximum Gasteiger partial charge on any atom is 0.151 e. The molecule has 0 aliphatic rings. The van der Waals surface area contributed by atoms with Gasteiger partial charge in [-0.2, -0.15) is 5.10 Å². The Morgan fingerprint density at radius 3 is 2.60 bits per heavy atom. The Bertz CT molecular complexity index is 209. The first kappa shape index (κ1) is 9.55. The van der Waals surface area contributed by atoms with E-state index in [-0.39, 0.29) is 12.4 Å². The zero-order valence-electron chi connectivity index (χ0n) is 5.34. The Balaban J connectivity index is 0.000000810. The van der Waals surface area contributed by atoms with Crippen LogP contribution in [0, 0.1) is 0 Å². The number of nitrogens with one attached hydrogen (secondary N) is 1. The van der Waals surface area contributed by atoms with Gasteiger partial charge in [0, 0.05) is 7.05 Å². The second-order valence-corrected chi connectivity index (χ2v) is 1.98. The Labute approximate surface area is 69.7 Å². The third-order valence-corrected chi connectivity index (χ3v) is 1.47. The largest absolute Gasteiger partial charge is 0.320 e. The highest BCUT2D eigenvalue weighted by atomic mass is 35.5. The van der Waals surface area contributed by atoms with Gasteiger partial charge < -0.3 is 5.43 Å². The molecule has 58 valence electrons. The quantitative estimate of drug-likeness (QED) is 0.499. The zero-order valence-corrected chi connectivity index (χ0v) is 6.91. The maximum absolute atomic E-state index is 5.67. The smallest absolute Gasteiger partial charge is 0.151 e. The van der Waals surface area contributed by atoms with Crippen LogP contribution >= 0.6 is 24.0 Å². The molecule has 0 saturated carbocycles. The standard InChI is InChI=1S/C4H7ClN4.ClH/c1-9-4(5)3(8-6)2-7-9;/h2,8H,6H2,1H3;1H. The third-order valence-electron chi connectivity index (χ3n) is 1.02. The normalized spacial score (nSPS) is 8.70. The van der Waals surface area contributed by atoms with Gasteiger partial charge in [0.2, 0.25) is 0 Å². The molecule has 0 amide bonds. The van der Waals surface area contributed by atoms with Gasteiger partial charge in [0.1, 0.15) is 5.69 Å². The van der Waals surface area contributed by atoms with Crippen molar-refractivity contribution < 1.29 is 0 Å². The van der Waals surface area contributed by atoms with Crippen molar-refractivity contribution in [2.45, 2.75) is 0 Å². The molecule has 0 aliphatic carbocycles. The van der Waals surface area contributed by atoms with E-state index in [9.17, 15) is 0 Å². The summed E-state index contributed by atoms with van der Waals surface area (Å²) in [6, 6.07) is 0. The number of nitrogens with two attached hydrogens (primary N) is 1. The van der Waals surface area contributed by atoms with Crippen molar-refractivity contribution in [1.29, 1.82) is 0 Å². The summed E-state index contributed by atoms with van der Waals surface area (Å²) in [4.78, 5) is 0. The number of anilines is 1. The lowest BCUT2D eigenvalue weighted by Crippen LogP contribution is -2.06. The SMILES string of the molecule is Cl.Cn1ncc(NN)c1Cl. The van der Waals surface area contributed by atoms with Gasteiger partial charge in [-0.3, -0.25) is 10.5 Å². The van der Waals surface area contributed by atoms with Crippen LogP contribution in [0.25, 0.3) is 0 Å². The highest BCUT2D eigenvalue weighted by molar-refractivity contribution is 6.32. The second kappa shape index (κ2) is 3.65. The average molecular weight is 183 g/mol. The van der Waals surface area contributed by atoms with Crippen LogP contribution in [0.4, 0.5) is 5.69 Å². The lowest BCUT2D eigenvalue weighted by molar-refractivity contribution is 0.769. The molecular weight excluding hydrogens is 175 g/mol. The first-order valence-electron chi connectivity index (χ1n) is 2.40. The molecule has 1 aromatic heterocycles. The second-order valence-electron chi connectivity index (χ2n) is 1.62. The molecule has 1 heterocycles. The molecule has 4 nitrogen and oxygen atoms in total. The van der Waals surface area contributed by atoms with Crippen molar-refractivity contribution in [2.75, 3.05) is 5.43 Å². The maximum atomic E-state index is 5.67. The minimum atomic E-state index is 0. The molecule has 1 rings (SSSR count). The fourth-order valence-corrected chi connectivity index (χ4v) is 0.666. The molecule has 0 bridgehead atoms. The van der Waals surface area contributed by atoms with Crippen molar-refractivity contribution in [3.63, 3.8) is 0 Å². The molecule has 0 saturated heterocycles. The number of hydrogen-bond donors (Lipinski definition) is 2. The van der Waals surface area contributed by atoms with Crippen molar-refractivity contribution in [2.24, 2.45) is 12.9 Å². The van der Waals surface area contributed by atoms with E-state index < -0.39 is 0 Å². The zero-order chi connectivity index (χ0) is 6.85. The topological polar surface area (TPSA) is 55.9 Å². The number of hydrogen-bond acceptors (Lipinski definition) is 3. The molecule has 10 heavy (non-hydrogen) atoms. The first-order chi connectivity index (χ1) is 4.25. The number of hydrazine groups is 1. The molecule has 6 heteroatoms. The van der Waals surface area contributed by atoms with E-state index in [1.807, 2.05) is 0 Å². The predicted octanol–water partition coefficient (Wildman–Crippen LogP) is 0.781. The van der Waals surface area contributed by atoms with E-state index in [2.05, 4.69) is 10.5 Å². The Morgan fingerprint density at radius 2 is 2.40 bits per heavy atom.